The Morgan fingerprint density at radius 1 is 1.18 bits per heavy atom. The molecule has 146 valence electrons. The molecule has 1 heterocycles. The maximum atomic E-state index is 11.6. The maximum absolute atomic E-state index is 11.6. The van der Waals surface area contributed by atoms with Gasteiger partial charge in [-0.1, -0.05) is 45.9 Å². The Hall–Kier alpha value is -2.52. The van der Waals surface area contributed by atoms with Gasteiger partial charge in [0.15, 0.2) is 11.6 Å². The van der Waals surface area contributed by atoms with Gasteiger partial charge in [-0.15, -0.1) is 10.2 Å². The van der Waals surface area contributed by atoms with Gasteiger partial charge in [-0.2, -0.15) is 0 Å². The molecule has 9 heteroatoms. The lowest BCUT2D eigenvalue weighted by molar-refractivity contribution is 0.101. The molecule has 3 aromatic rings. The number of nitrogen functional groups attached to an aromatic ring is 1. The number of hydrogen-bond acceptors (Lipinski definition) is 7. The van der Waals surface area contributed by atoms with Crippen LogP contribution in [0, 0.1) is 0 Å². The minimum Gasteiger partial charge on any atom is -0.492 e. The highest BCUT2D eigenvalue weighted by molar-refractivity contribution is 9.10. The summed E-state index contributed by atoms with van der Waals surface area (Å²) in [5.74, 6) is 8.44. The summed E-state index contributed by atoms with van der Waals surface area (Å²) in [4.78, 5) is 11.6. The van der Waals surface area contributed by atoms with E-state index in [4.69, 9.17) is 15.3 Å². The van der Waals surface area contributed by atoms with Gasteiger partial charge >= 0.3 is 0 Å². The van der Waals surface area contributed by atoms with E-state index < -0.39 is 0 Å². The van der Waals surface area contributed by atoms with Crippen molar-refractivity contribution in [3.8, 4) is 11.5 Å². The second kappa shape index (κ2) is 9.61. The van der Waals surface area contributed by atoms with Crippen LogP contribution in [0.1, 0.15) is 23.1 Å². The molecule has 28 heavy (non-hydrogen) atoms. The first-order valence-corrected chi connectivity index (χ1v) is 10.3. The van der Waals surface area contributed by atoms with Crippen molar-refractivity contribution in [1.29, 1.82) is 0 Å². The fourth-order valence-electron chi connectivity index (χ4n) is 2.38. The lowest BCUT2D eigenvalue weighted by Crippen LogP contribution is -2.16. The molecule has 1 aromatic heterocycles. The number of ketones is 1. The van der Waals surface area contributed by atoms with Crippen LogP contribution in [0.25, 0.3) is 0 Å². The number of thioether (sulfide) groups is 1. The van der Waals surface area contributed by atoms with Crippen LogP contribution < -0.4 is 15.3 Å². The number of hydrogen-bond donors (Lipinski definition) is 1. The predicted octanol–water partition coefficient (Wildman–Crippen LogP) is 3.71. The van der Waals surface area contributed by atoms with E-state index in [1.807, 2.05) is 36.4 Å². The number of halogens is 1. The number of rotatable bonds is 9. The van der Waals surface area contributed by atoms with E-state index in [0.717, 1.165) is 4.47 Å². The number of carbonyl (C=O) groups is 1. The fourth-order valence-corrected chi connectivity index (χ4v) is 3.45. The van der Waals surface area contributed by atoms with Crippen molar-refractivity contribution < 1.29 is 14.3 Å². The van der Waals surface area contributed by atoms with Gasteiger partial charge in [0.1, 0.15) is 18.1 Å². The molecule has 7 nitrogen and oxygen atoms in total. The summed E-state index contributed by atoms with van der Waals surface area (Å²) in [6, 6.07) is 14.7. The molecule has 2 aromatic carbocycles. The zero-order valence-corrected chi connectivity index (χ0v) is 17.6. The molecular weight excluding hydrogens is 444 g/mol. The third-order valence-corrected chi connectivity index (χ3v) is 5.14. The van der Waals surface area contributed by atoms with Gasteiger partial charge < -0.3 is 15.3 Å². The molecule has 0 atom stereocenters. The lowest BCUT2D eigenvalue weighted by atomic mass is 10.1. The Balaban J connectivity index is 1.50. The van der Waals surface area contributed by atoms with E-state index in [1.54, 1.807) is 12.1 Å². The minimum absolute atomic E-state index is 0.0277. The highest BCUT2D eigenvalue weighted by Gasteiger charge is 2.12. The Bertz CT molecular complexity index is 964. The van der Waals surface area contributed by atoms with Crippen molar-refractivity contribution >= 4 is 33.5 Å². The van der Waals surface area contributed by atoms with Gasteiger partial charge in [0.25, 0.3) is 0 Å². The van der Waals surface area contributed by atoms with E-state index in [9.17, 15) is 4.79 Å². The van der Waals surface area contributed by atoms with Crippen molar-refractivity contribution in [1.82, 2.24) is 14.9 Å². The smallest absolute Gasteiger partial charge is 0.210 e. The number of nitrogens with two attached hydrogens (primary N) is 1. The molecule has 0 aliphatic carbocycles. The minimum atomic E-state index is -0.0277. The number of carbonyl (C=O) groups excluding carboxylic acids is 1. The first kappa shape index (κ1) is 20.2. The summed E-state index contributed by atoms with van der Waals surface area (Å²) in [5, 5.41) is 8.73. The molecule has 0 saturated heterocycles. The molecule has 0 bridgehead atoms. The molecule has 0 fully saturated rings. The van der Waals surface area contributed by atoms with Crippen LogP contribution in [0.5, 0.6) is 11.5 Å². The highest BCUT2D eigenvalue weighted by Crippen LogP contribution is 2.21. The summed E-state index contributed by atoms with van der Waals surface area (Å²) in [6.45, 7) is 2.14. The van der Waals surface area contributed by atoms with Crippen LogP contribution in [0.15, 0.2) is 58.2 Å². The zero-order valence-electron chi connectivity index (χ0n) is 15.2. The number of Topliss-reactive ketones (excluding diaryl/α,β-unsaturated/α-hetero) is 1. The first-order chi connectivity index (χ1) is 13.5. The number of ether oxygens (including phenoxy) is 2. The van der Waals surface area contributed by atoms with Crippen LogP contribution in [0.3, 0.4) is 0 Å². The quantitative estimate of drug-likeness (QED) is 0.224. The highest BCUT2D eigenvalue weighted by atomic mass is 79.9. The summed E-state index contributed by atoms with van der Waals surface area (Å²) in [6.07, 6.45) is 0. The van der Waals surface area contributed by atoms with Gasteiger partial charge in [-0.3, -0.25) is 4.79 Å². The van der Waals surface area contributed by atoms with Crippen LogP contribution >= 0.6 is 27.7 Å². The Labute approximate surface area is 175 Å². The molecule has 2 N–H and O–H groups in total. The van der Waals surface area contributed by atoms with Crippen molar-refractivity contribution in [3.05, 3.63) is 64.4 Å². The molecule has 3 rings (SSSR count). The Morgan fingerprint density at radius 3 is 2.79 bits per heavy atom. The van der Waals surface area contributed by atoms with Crippen molar-refractivity contribution in [2.24, 2.45) is 0 Å². The van der Waals surface area contributed by atoms with Crippen molar-refractivity contribution in [2.45, 2.75) is 18.7 Å². The zero-order chi connectivity index (χ0) is 19.9. The molecule has 0 radical (unpaired) electrons. The summed E-state index contributed by atoms with van der Waals surface area (Å²) in [7, 11) is 0. The van der Waals surface area contributed by atoms with Crippen molar-refractivity contribution in [3.63, 3.8) is 0 Å². The van der Waals surface area contributed by atoms with Gasteiger partial charge in [-0.25, -0.2) is 4.68 Å². The van der Waals surface area contributed by atoms with Gasteiger partial charge in [-0.05, 0) is 37.3 Å². The largest absolute Gasteiger partial charge is 0.492 e. The summed E-state index contributed by atoms with van der Waals surface area (Å²) in [5.41, 5.74) is 0.571. The average molecular weight is 463 g/mol. The maximum Gasteiger partial charge on any atom is 0.210 e. The first-order valence-electron chi connectivity index (χ1n) is 8.48. The summed E-state index contributed by atoms with van der Waals surface area (Å²) >= 11 is 4.82. The second-order valence-electron chi connectivity index (χ2n) is 5.76. The molecule has 0 unspecified atom stereocenters. The standard InChI is InChI=1S/C19H19BrN4O3S/c1-13(25)16-7-2-3-8-17(16)26-9-10-28-19-23-22-18(24(19)21)12-27-15-6-4-5-14(20)11-15/h2-8,11H,9-10,12,21H2,1H3. The number of nitrogens with zero attached hydrogens (tertiary/aromatic N) is 3. The van der Waals surface area contributed by atoms with Crippen LogP contribution in [-0.2, 0) is 6.61 Å². The van der Waals surface area contributed by atoms with E-state index in [1.165, 1.54) is 23.4 Å². The predicted molar refractivity (Wildman–Crippen MR) is 111 cm³/mol. The topological polar surface area (TPSA) is 92.3 Å². The Morgan fingerprint density at radius 2 is 2.00 bits per heavy atom. The van der Waals surface area contributed by atoms with Crippen LogP contribution in [0.2, 0.25) is 0 Å². The van der Waals surface area contributed by atoms with Gasteiger partial charge in [0.2, 0.25) is 5.16 Å². The van der Waals surface area contributed by atoms with E-state index in [2.05, 4.69) is 26.1 Å². The number of benzene rings is 2. The number of aromatic nitrogens is 3. The van der Waals surface area contributed by atoms with E-state index >= 15 is 0 Å². The monoisotopic (exact) mass is 462 g/mol. The van der Waals surface area contributed by atoms with E-state index in [-0.39, 0.29) is 12.4 Å². The van der Waals surface area contributed by atoms with Crippen molar-refractivity contribution in [2.75, 3.05) is 18.2 Å². The van der Waals surface area contributed by atoms with Crippen LogP contribution in [-0.4, -0.2) is 33.0 Å². The molecule has 0 aliphatic heterocycles. The third kappa shape index (κ3) is 5.26. The molecule has 0 spiro atoms. The lowest BCUT2D eigenvalue weighted by Gasteiger charge is -2.09. The SMILES string of the molecule is CC(=O)c1ccccc1OCCSc1nnc(COc2cccc(Br)c2)n1N. The third-order valence-electron chi connectivity index (χ3n) is 3.74. The fraction of sp³-hybridized carbons (Fsp3) is 0.211. The van der Waals surface area contributed by atoms with Gasteiger partial charge in [0.05, 0.1) is 12.2 Å². The molecule has 0 saturated carbocycles. The summed E-state index contributed by atoms with van der Waals surface area (Å²) < 4.78 is 13.7. The molecule has 0 aliphatic rings. The average Bonchev–Trinajstić information content (AvgIpc) is 3.03. The van der Waals surface area contributed by atoms with E-state index in [0.29, 0.717) is 40.4 Å². The normalized spacial score (nSPS) is 10.6. The second-order valence-corrected chi connectivity index (χ2v) is 7.74. The number of para-hydroxylation sites is 1. The Kier molecular flexibility index (Phi) is 6.94. The molecular formula is C19H19BrN4O3S. The molecule has 0 amide bonds. The van der Waals surface area contributed by atoms with Gasteiger partial charge in [0, 0.05) is 10.2 Å². The van der Waals surface area contributed by atoms with Crippen LogP contribution in [0.4, 0.5) is 0 Å².